The van der Waals surface area contributed by atoms with Gasteiger partial charge in [0.1, 0.15) is 6.17 Å². The summed E-state index contributed by atoms with van der Waals surface area (Å²) in [4.78, 5) is 14.9. The number of esters is 1. The fourth-order valence-electron chi connectivity index (χ4n) is 6.45. The van der Waals surface area contributed by atoms with Crippen LogP contribution >= 0.6 is 15.9 Å². The number of piperidine rings is 1. The summed E-state index contributed by atoms with van der Waals surface area (Å²) >= 11 is 3.73. The highest BCUT2D eigenvalue weighted by atomic mass is 79.9. The average molecular weight is 435 g/mol. The highest BCUT2D eigenvalue weighted by Gasteiger charge is 2.69. The molecule has 0 bridgehead atoms. The van der Waals surface area contributed by atoms with Crippen LogP contribution in [-0.4, -0.2) is 48.1 Å². The lowest BCUT2D eigenvalue weighted by Crippen LogP contribution is -2.66. The summed E-state index contributed by atoms with van der Waals surface area (Å²) in [5.74, 6) is -0.296. The lowest BCUT2D eigenvalue weighted by Gasteiger charge is -2.58. The van der Waals surface area contributed by atoms with Crippen LogP contribution in [0.4, 0.5) is 10.1 Å². The molecule has 1 spiro atoms. The van der Waals surface area contributed by atoms with Crippen molar-refractivity contribution in [2.75, 3.05) is 25.5 Å². The standard InChI is InChI=1S/C21H24BrFN2O2/c1-3-20-10-12(18(26)27-2)17-21(13-6-4-5-7-15(13)24-17)8-9-25(19(20)21)11-14(23)16(20)22/h4-7,14,16,19,24H,3,8-11H2,1-2H3/t14?,16?,19-,20+,21-/m1/s1. The first-order valence-corrected chi connectivity index (χ1v) is 10.6. The van der Waals surface area contributed by atoms with E-state index in [4.69, 9.17) is 4.74 Å². The molecule has 0 aromatic heterocycles. The maximum Gasteiger partial charge on any atom is 0.335 e. The van der Waals surface area contributed by atoms with Gasteiger partial charge >= 0.3 is 5.97 Å². The lowest BCUT2D eigenvalue weighted by molar-refractivity contribution is -0.137. The van der Waals surface area contributed by atoms with Crippen molar-refractivity contribution in [1.82, 2.24) is 4.90 Å². The van der Waals surface area contributed by atoms with Crippen LogP contribution in [0.1, 0.15) is 31.7 Å². The smallest absolute Gasteiger partial charge is 0.335 e. The topological polar surface area (TPSA) is 41.6 Å². The first kappa shape index (κ1) is 17.7. The molecule has 4 aliphatic rings. The van der Waals surface area contributed by atoms with Crippen molar-refractivity contribution in [2.24, 2.45) is 5.41 Å². The number of hydrogen-bond acceptors (Lipinski definition) is 4. The zero-order valence-electron chi connectivity index (χ0n) is 15.6. The second kappa shape index (κ2) is 5.80. The monoisotopic (exact) mass is 434 g/mol. The zero-order valence-corrected chi connectivity index (χ0v) is 17.2. The van der Waals surface area contributed by atoms with Gasteiger partial charge in [-0.1, -0.05) is 41.1 Å². The van der Waals surface area contributed by atoms with Crippen molar-refractivity contribution in [2.45, 2.75) is 48.6 Å². The Balaban J connectivity index is 1.82. The molecule has 0 amide bonds. The number of ether oxygens (including phenoxy) is 1. The maximum atomic E-state index is 15.0. The van der Waals surface area contributed by atoms with Crippen molar-refractivity contribution in [3.8, 4) is 0 Å². The second-order valence-electron chi connectivity index (χ2n) is 8.32. The Morgan fingerprint density at radius 1 is 1.44 bits per heavy atom. The van der Waals surface area contributed by atoms with Crippen LogP contribution < -0.4 is 5.32 Å². The van der Waals surface area contributed by atoms with E-state index in [9.17, 15) is 4.79 Å². The van der Waals surface area contributed by atoms with Gasteiger partial charge in [-0.3, -0.25) is 4.90 Å². The number of methoxy groups -OCH3 is 1. The van der Waals surface area contributed by atoms with E-state index in [2.05, 4.69) is 51.3 Å². The van der Waals surface area contributed by atoms with Crippen molar-refractivity contribution >= 4 is 27.6 Å². The van der Waals surface area contributed by atoms with Gasteiger partial charge in [-0.25, -0.2) is 9.18 Å². The van der Waals surface area contributed by atoms with E-state index in [1.807, 2.05) is 6.07 Å². The molecule has 6 heteroatoms. The Bertz CT molecular complexity index is 858. The molecule has 1 aromatic carbocycles. The minimum absolute atomic E-state index is 0.172. The van der Waals surface area contributed by atoms with Crippen LogP contribution in [0.25, 0.3) is 0 Å². The number of carbonyl (C=O) groups is 1. The molecular formula is C21H24BrFN2O2. The van der Waals surface area contributed by atoms with Crippen molar-refractivity contribution in [3.63, 3.8) is 0 Å². The normalized spacial score (nSPS) is 39.5. The fraction of sp³-hybridized carbons (Fsp3) is 0.571. The number of nitrogens with one attached hydrogen (secondary N) is 1. The van der Waals surface area contributed by atoms with Crippen LogP contribution in [0.3, 0.4) is 0 Å². The maximum absolute atomic E-state index is 15.0. The van der Waals surface area contributed by atoms with Gasteiger partial charge in [0.2, 0.25) is 0 Å². The van der Waals surface area contributed by atoms with Crippen LogP contribution in [0, 0.1) is 5.41 Å². The number of benzene rings is 1. The summed E-state index contributed by atoms with van der Waals surface area (Å²) in [6, 6.07) is 8.50. The van der Waals surface area contributed by atoms with E-state index >= 15 is 4.39 Å². The van der Waals surface area contributed by atoms with E-state index in [0.717, 1.165) is 30.8 Å². The number of fused-ring (bicyclic) bond motifs is 1. The van der Waals surface area contributed by atoms with Gasteiger partial charge in [0.15, 0.2) is 0 Å². The van der Waals surface area contributed by atoms with E-state index in [0.29, 0.717) is 18.5 Å². The number of anilines is 1. The summed E-state index contributed by atoms with van der Waals surface area (Å²) < 4.78 is 20.2. The number of rotatable bonds is 2. The summed E-state index contributed by atoms with van der Waals surface area (Å²) in [5.41, 5.74) is 3.34. The highest BCUT2D eigenvalue weighted by Crippen LogP contribution is 2.66. The molecule has 3 aliphatic heterocycles. The molecule has 0 saturated carbocycles. The van der Waals surface area contributed by atoms with Crippen LogP contribution in [0.15, 0.2) is 35.5 Å². The molecule has 1 N–H and O–H groups in total. The molecule has 2 saturated heterocycles. The molecule has 5 rings (SSSR count). The van der Waals surface area contributed by atoms with E-state index < -0.39 is 6.17 Å². The summed E-state index contributed by atoms with van der Waals surface area (Å²) in [5, 5.41) is 3.56. The van der Waals surface area contributed by atoms with Crippen LogP contribution in [0.2, 0.25) is 0 Å². The fourth-order valence-corrected chi connectivity index (χ4v) is 7.35. The SMILES string of the molecule is CC[C@]12CC(C(=O)OC)=C3Nc4ccccc4[C@]34CCN(CC(F)C1Br)[C@H]24. The third-order valence-corrected chi connectivity index (χ3v) is 8.94. The minimum atomic E-state index is -0.943. The Morgan fingerprint density at radius 2 is 2.22 bits per heavy atom. The average Bonchev–Trinajstić information content (AvgIpc) is 3.24. The first-order chi connectivity index (χ1) is 13.0. The first-order valence-electron chi connectivity index (χ1n) is 9.70. The highest BCUT2D eigenvalue weighted by molar-refractivity contribution is 9.09. The van der Waals surface area contributed by atoms with Crippen molar-refractivity contribution in [3.05, 3.63) is 41.1 Å². The quantitative estimate of drug-likeness (QED) is 0.568. The number of para-hydroxylation sites is 1. The molecule has 1 aliphatic carbocycles. The van der Waals surface area contributed by atoms with Crippen molar-refractivity contribution < 1.29 is 13.9 Å². The van der Waals surface area contributed by atoms with Gasteiger partial charge in [0, 0.05) is 29.4 Å². The minimum Gasteiger partial charge on any atom is -0.466 e. The molecule has 2 unspecified atom stereocenters. The molecule has 144 valence electrons. The molecule has 2 fully saturated rings. The van der Waals surface area contributed by atoms with Crippen LogP contribution in [-0.2, 0) is 14.9 Å². The summed E-state index contributed by atoms with van der Waals surface area (Å²) in [6.07, 6.45) is 1.29. The summed E-state index contributed by atoms with van der Waals surface area (Å²) in [7, 11) is 1.43. The van der Waals surface area contributed by atoms with Gasteiger partial charge in [-0.15, -0.1) is 0 Å². The zero-order chi connectivity index (χ0) is 19.0. The van der Waals surface area contributed by atoms with Gasteiger partial charge in [-0.05, 0) is 37.4 Å². The van der Waals surface area contributed by atoms with Gasteiger partial charge in [0.25, 0.3) is 0 Å². The molecule has 27 heavy (non-hydrogen) atoms. The van der Waals surface area contributed by atoms with E-state index in [1.165, 1.54) is 12.7 Å². The lowest BCUT2D eigenvalue weighted by atomic mass is 9.53. The molecule has 1 aromatic rings. The number of alkyl halides is 2. The van der Waals surface area contributed by atoms with Gasteiger partial charge in [-0.2, -0.15) is 0 Å². The van der Waals surface area contributed by atoms with Gasteiger partial charge in [0.05, 0.1) is 22.9 Å². The van der Waals surface area contributed by atoms with E-state index in [1.54, 1.807) is 0 Å². The Hall–Kier alpha value is -1.40. The van der Waals surface area contributed by atoms with Crippen LogP contribution in [0.5, 0.6) is 0 Å². The Labute approximate surface area is 167 Å². The Kier molecular flexibility index (Phi) is 3.80. The molecule has 0 radical (unpaired) electrons. The molecule has 5 atom stereocenters. The second-order valence-corrected chi connectivity index (χ2v) is 9.30. The van der Waals surface area contributed by atoms with E-state index in [-0.39, 0.29) is 27.7 Å². The molecule has 4 nitrogen and oxygen atoms in total. The number of halogens is 2. The largest absolute Gasteiger partial charge is 0.466 e. The predicted molar refractivity (Wildman–Crippen MR) is 106 cm³/mol. The van der Waals surface area contributed by atoms with Crippen molar-refractivity contribution in [1.29, 1.82) is 0 Å². The Morgan fingerprint density at radius 3 is 2.96 bits per heavy atom. The number of carbonyl (C=O) groups excluding carboxylic acids is 1. The third kappa shape index (κ3) is 1.98. The third-order valence-electron chi connectivity index (χ3n) is 7.46. The molecular weight excluding hydrogens is 411 g/mol. The predicted octanol–water partition coefficient (Wildman–Crippen LogP) is 3.77. The number of nitrogens with zero attached hydrogens (tertiary/aromatic N) is 1. The molecule has 3 heterocycles. The summed E-state index contributed by atoms with van der Waals surface area (Å²) in [6.45, 7) is 3.43. The number of hydrogen-bond donors (Lipinski definition) is 1. The van der Waals surface area contributed by atoms with Gasteiger partial charge < -0.3 is 10.1 Å².